The first-order valence-corrected chi connectivity index (χ1v) is 20.6. The Morgan fingerprint density at radius 2 is 1.34 bits per heavy atom. The maximum absolute atomic E-state index is 13.8. The monoisotopic (exact) mass is 916 g/mol. The summed E-state index contributed by atoms with van der Waals surface area (Å²) in [5.74, 6) is -3.18. The molecule has 0 aliphatic rings. The van der Waals surface area contributed by atoms with Crippen molar-refractivity contribution in [2.75, 3.05) is 17.7 Å². The minimum Gasteiger partial charge on any atom is -0.478 e. The van der Waals surface area contributed by atoms with Crippen LogP contribution >= 0.6 is 50.2 Å². The van der Waals surface area contributed by atoms with Gasteiger partial charge >= 0.3 is 11.9 Å². The van der Waals surface area contributed by atoms with E-state index in [9.17, 15) is 33.8 Å². The highest BCUT2D eigenvalue weighted by Crippen LogP contribution is 2.37. The fourth-order valence-electron chi connectivity index (χ4n) is 5.48. The number of hydrogen-bond acceptors (Lipinski definition) is 9. The molecule has 0 aliphatic heterocycles. The largest absolute Gasteiger partial charge is 0.478 e. The summed E-state index contributed by atoms with van der Waals surface area (Å²) in [6.07, 6.45) is 3.96. The highest BCUT2D eigenvalue weighted by molar-refractivity contribution is 9.10. The molecule has 0 spiro atoms. The van der Waals surface area contributed by atoms with Gasteiger partial charge in [-0.15, -0.1) is 22.7 Å². The first kappa shape index (κ1) is 43.9. The molecule has 17 heteroatoms. The highest BCUT2D eigenvalue weighted by Gasteiger charge is 2.23. The van der Waals surface area contributed by atoms with Crippen LogP contribution in [0.15, 0.2) is 113 Å². The number of fused-ring (bicyclic) bond motifs is 2. The van der Waals surface area contributed by atoms with Gasteiger partial charge in [0.1, 0.15) is 28.2 Å². The van der Waals surface area contributed by atoms with Crippen molar-refractivity contribution in [1.29, 1.82) is 0 Å². The van der Waals surface area contributed by atoms with Gasteiger partial charge in [-0.25, -0.2) is 23.0 Å². The van der Waals surface area contributed by atoms with Crippen LogP contribution in [0.5, 0.6) is 0 Å². The normalized spacial score (nSPS) is 10.4. The third-order valence-corrected chi connectivity index (χ3v) is 11.1. The summed E-state index contributed by atoms with van der Waals surface area (Å²) >= 11 is 11.9. The molecule has 6 heterocycles. The lowest BCUT2D eigenvalue weighted by molar-refractivity contribution is 0.0688. The van der Waals surface area contributed by atoms with Crippen LogP contribution in [0.1, 0.15) is 61.1 Å². The highest BCUT2D eigenvalue weighted by atomic mass is 79.9. The number of carboxylic acid groups (broad SMARTS) is 2. The van der Waals surface area contributed by atoms with Gasteiger partial charge < -0.3 is 20.8 Å². The number of aryl methyl sites for hydroxylation is 1. The molecule has 0 fully saturated rings. The Bertz CT molecular complexity index is 2760. The number of aromatic carboxylic acids is 2. The molecule has 0 bridgehead atoms. The van der Waals surface area contributed by atoms with Crippen molar-refractivity contribution in [2.24, 2.45) is 0 Å². The molecule has 302 valence electrons. The zero-order valence-electron chi connectivity index (χ0n) is 31.7. The molecule has 0 aliphatic carbocycles. The minimum atomic E-state index is -1.16. The van der Waals surface area contributed by atoms with Crippen LogP contribution < -0.4 is 10.6 Å². The number of anilines is 2. The lowest BCUT2D eigenvalue weighted by Gasteiger charge is -2.05. The SMILES string of the molecule is CC.CNc1csc(-c2ccc(C)cc2)c1C(=O)O.O=C(Nc1csc(-c2ccc(Br)cc2)c1C(=O)O)c1cc2c(F)cccn2n1.O=Cc1cc2c(Cl)cccn2n1. The number of nitrogens with one attached hydrogen (secondary N) is 2. The Hall–Kier alpha value is -6.20. The third kappa shape index (κ3) is 10.3. The van der Waals surface area contributed by atoms with Gasteiger partial charge in [0.2, 0.25) is 0 Å². The standard InChI is InChI=1S/C19H11BrFN3O3S.C13H13NO2S.C8H5ClN2O.C2H6/c20-11-5-3-10(4-6-11)17-16(19(26)27)14(9-28-17)22-18(25)13-8-15-12(21)2-1-7-24(15)23-13;1-8-3-5-9(6-4-8)12-11(13(15)16)10(14-2)7-17-12;9-7-2-1-3-11-8(7)4-6(5-12)10-11;1-2/h1-9H,(H,22,25)(H,26,27);3-7,14H,1-2H3,(H,15,16);1-5H;1-2H3. The molecular weight excluding hydrogens is 883 g/mol. The quantitative estimate of drug-likeness (QED) is 0.108. The number of aromatic nitrogens is 4. The Labute approximate surface area is 358 Å². The van der Waals surface area contributed by atoms with Crippen molar-refractivity contribution in [3.05, 3.63) is 151 Å². The summed E-state index contributed by atoms with van der Waals surface area (Å²) < 4.78 is 17.5. The molecule has 0 radical (unpaired) electrons. The van der Waals surface area contributed by atoms with Gasteiger partial charge in [0, 0.05) is 34.7 Å². The van der Waals surface area contributed by atoms with Crippen LogP contribution in [0.4, 0.5) is 15.8 Å². The maximum atomic E-state index is 13.8. The number of carboxylic acids is 2. The van der Waals surface area contributed by atoms with Gasteiger partial charge in [-0.1, -0.05) is 83.3 Å². The van der Waals surface area contributed by atoms with Gasteiger partial charge in [-0.2, -0.15) is 10.2 Å². The second kappa shape index (κ2) is 20.0. The number of halogens is 3. The summed E-state index contributed by atoms with van der Waals surface area (Å²) in [6.45, 7) is 6.01. The van der Waals surface area contributed by atoms with Crippen LogP contribution in [0.25, 0.3) is 31.9 Å². The average Bonchev–Trinajstić information content (AvgIpc) is 4.05. The number of carbonyl (C=O) groups excluding carboxylic acids is 2. The number of hydrogen-bond donors (Lipinski definition) is 4. The number of amides is 1. The Morgan fingerprint density at radius 1 is 0.797 bits per heavy atom. The zero-order valence-corrected chi connectivity index (χ0v) is 35.7. The van der Waals surface area contributed by atoms with Crippen molar-refractivity contribution in [2.45, 2.75) is 20.8 Å². The van der Waals surface area contributed by atoms with E-state index < -0.39 is 23.7 Å². The summed E-state index contributed by atoms with van der Waals surface area (Å²) in [5.41, 5.74) is 5.29. The van der Waals surface area contributed by atoms with E-state index in [1.807, 2.05) is 62.5 Å². The Balaban J connectivity index is 0.000000181. The smallest absolute Gasteiger partial charge is 0.339 e. The van der Waals surface area contributed by atoms with E-state index >= 15 is 0 Å². The van der Waals surface area contributed by atoms with Crippen LogP contribution in [0, 0.1) is 12.7 Å². The summed E-state index contributed by atoms with van der Waals surface area (Å²) in [7, 11) is 1.73. The first-order chi connectivity index (χ1) is 28.4. The number of nitrogens with zero attached hydrogens (tertiary/aromatic N) is 4. The van der Waals surface area contributed by atoms with Gasteiger partial charge in [0.05, 0.1) is 31.7 Å². The average molecular weight is 918 g/mol. The molecule has 1 amide bonds. The van der Waals surface area contributed by atoms with Gasteiger partial charge in [-0.05, 0) is 66.6 Å². The lowest BCUT2D eigenvalue weighted by atomic mass is 10.1. The number of thiophene rings is 2. The van der Waals surface area contributed by atoms with Crippen LogP contribution in [-0.2, 0) is 0 Å². The second-order valence-electron chi connectivity index (χ2n) is 12.0. The molecule has 4 N–H and O–H groups in total. The molecule has 2 aromatic carbocycles. The van der Waals surface area contributed by atoms with E-state index in [2.05, 4.69) is 36.8 Å². The topological polar surface area (TPSA) is 167 Å². The number of rotatable bonds is 8. The van der Waals surface area contributed by atoms with Crippen LogP contribution in [0.3, 0.4) is 0 Å². The van der Waals surface area contributed by atoms with Gasteiger partial charge in [0.15, 0.2) is 12.0 Å². The fraction of sp³-hybridized carbons (Fsp3) is 0.0952. The molecule has 59 heavy (non-hydrogen) atoms. The van der Waals surface area contributed by atoms with Crippen molar-refractivity contribution >= 4 is 96.7 Å². The summed E-state index contributed by atoms with van der Waals surface area (Å²) in [6, 6.07) is 24.3. The second-order valence-corrected chi connectivity index (χ2v) is 15.1. The van der Waals surface area contributed by atoms with E-state index in [0.717, 1.165) is 31.6 Å². The Morgan fingerprint density at radius 3 is 1.88 bits per heavy atom. The van der Waals surface area contributed by atoms with Crippen molar-refractivity contribution in [3.8, 4) is 20.9 Å². The van der Waals surface area contributed by atoms with E-state index in [4.69, 9.17) is 11.6 Å². The molecular formula is C42H35BrClFN6O6S2. The lowest BCUT2D eigenvalue weighted by Crippen LogP contribution is -2.14. The van der Waals surface area contributed by atoms with E-state index in [1.165, 1.54) is 51.6 Å². The number of carbonyl (C=O) groups is 4. The molecule has 0 saturated heterocycles. The molecule has 6 aromatic heterocycles. The minimum absolute atomic E-state index is 0.00406. The van der Waals surface area contributed by atoms with Crippen molar-refractivity contribution < 1.29 is 33.8 Å². The number of benzene rings is 2. The van der Waals surface area contributed by atoms with Gasteiger partial charge in [-0.3, -0.25) is 9.59 Å². The van der Waals surface area contributed by atoms with Crippen LogP contribution in [-0.4, -0.2) is 60.6 Å². The van der Waals surface area contributed by atoms with Crippen molar-refractivity contribution in [3.63, 3.8) is 0 Å². The van der Waals surface area contributed by atoms with Gasteiger partial charge in [0.25, 0.3) is 5.91 Å². The predicted molar refractivity (Wildman–Crippen MR) is 235 cm³/mol. The molecule has 0 saturated carbocycles. The zero-order chi connectivity index (χ0) is 42.8. The fourth-order valence-corrected chi connectivity index (χ4v) is 8.02. The molecule has 12 nitrogen and oxygen atoms in total. The molecule has 8 aromatic rings. The third-order valence-electron chi connectivity index (χ3n) is 8.22. The van der Waals surface area contributed by atoms with E-state index in [0.29, 0.717) is 33.1 Å². The number of pyridine rings is 2. The van der Waals surface area contributed by atoms with E-state index in [-0.39, 0.29) is 22.5 Å². The predicted octanol–water partition coefficient (Wildman–Crippen LogP) is 11.2. The maximum Gasteiger partial charge on any atom is 0.339 e. The molecule has 0 unspecified atom stereocenters. The first-order valence-electron chi connectivity index (χ1n) is 17.6. The Kier molecular flexibility index (Phi) is 14.9. The van der Waals surface area contributed by atoms with Crippen LogP contribution in [0.2, 0.25) is 5.02 Å². The summed E-state index contributed by atoms with van der Waals surface area (Å²) in [5, 5.41) is 36.4. The molecule has 8 rings (SSSR count). The number of aldehydes is 1. The summed E-state index contributed by atoms with van der Waals surface area (Å²) in [4.78, 5) is 47.3. The van der Waals surface area contributed by atoms with Crippen molar-refractivity contribution in [1.82, 2.24) is 19.2 Å². The van der Waals surface area contributed by atoms with E-state index in [1.54, 1.807) is 53.5 Å². The molecule has 0 atom stereocenters.